The van der Waals surface area contributed by atoms with Crippen LogP contribution in [0.2, 0.25) is 0 Å². The third kappa shape index (κ3) is 4.18. The first-order valence-corrected chi connectivity index (χ1v) is 11.8. The molecule has 0 unspecified atom stereocenters. The lowest BCUT2D eigenvalue weighted by atomic mass is 10.1. The third-order valence-corrected chi connectivity index (χ3v) is 6.46. The summed E-state index contributed by atoms with van der Waals surface area (Å²) in [6.07, 6.45) is 0.700. The van der Waals surface area contributed by atoms with Crippen LogP contribution in [-0.4, -0.2) is 37.8 Å². The zero-order valence-corrected chi connectivity index (χ0v) is 20.3. The Morgan fingerprint density at radius 3 is 2.78 bits per heavy atom. The van der Waals surface area contributed by atoms with E-state index in [1.54, 1.807) is 35.7 Å². The molecule has 0 saturated carbocycles. The first-order valence-electron chi connectivity index (χ1n) is 10.9. The van der Waals surface area contributed by atoms with Gasteiger partial charge in [0.2, 0.25) is 4.96 Å². The van der Waals surface area contributed by atoms with Crippen LogP contribution >= 0.6 is 11.3 Å². The molecule has 0 bridgehead atoms. The first kappa shape index (κ1) is 23.2. The first-order chi connectivity index (χ1) is 17.4. The number of furan rings is 1. The predicted molar refractivity (Wildman–Crippen MR) is 134 cm³/mol. The maximum absolute atomic E-state index is 13.0. The van der Waals surface area contributed by atoms with Gasteiger partial charge in [-0.3, -0.25) is 14.9 Å². The zero-order valence-electron chi connectivity index (χ0n) is 19.5. The van der Waals surface area contributed by atoms with Gasteiger partial charge >= 0.3 is 0 Å². The molecule has 182 valence electrons. The third-order valence-electron chi connectivity index (χ3n) is 5.51. The van der Waals surface area contributed by atoms with Crippen LogP contribution in [0.25, 0.3) is 26.9 Å². The second kappa shape index (κ2) is 9.23. The topological polar surface area (TPSA) is 138 Å². The number of fused-ring (bicyclic) bond motifs is 1. The molecule has 3 aromatic heterocycles. The van der Waals surface area contributed by atoms with Gasteiger partial charge in [-0.25, -0.2) is 0 Å². The van der Waals surface area contributed by atoms with Gasteiger partial charge in [0.15, 0.2) is 11.6 Å². The molecule has 0 fully saturated rings. The van der Waals surface area contributed by atoms with E-state index < -0.39 is 10.8 Å². The van der Waals surface area contributed by atoms with Crippen LogP contribution in [0, 0.1) is 17.0 Å². The molecule has 0 aliphatic rings. The molecular formula is C24H20N6O5S. The van der Waals surface area contributed by atoms with Crippen LogP contribution in [0.3, 0.4) is 0 Å². The van der Waals surface area contributed by atoms with Crippen molar-refractivity contribution < 1.29 is 18.9 Å². The number of benzene rings is 2. The zero-order chi connectivity index (χ0) is 25.4. The fourth-order valence-electron chi connectivity index (χ4n) is 3.72. The van der Waals surface area contributed by atoms with Crippen molar-refractivity contribution in [2.75, 3.05) is 12.4 Å². The van der Waals surface area contributed by atoms with Gasteiger partial charge in [0.25, 0.3) is 11.6 Å². The number of anilines is 1. The van der Waals surface area contributed by atoms with Crippen LogP contribution < -0.4 is 10.1 Å². The molecule has 5 rings (SSSR count). The molecule has 12 heteroatoms. The minimum absolute atomic E-state index is 0.00120. The van der Waals surface area contributed by atoms with Crippen LogP contribution in [0.4, 0.5) is 11.4 Å². The highest BCUT2D eigenvalue weighted by molar-refractivity contribution is 7.19. The number of aromatic nitrogens is 4. The van der Waals surface area contributed by atoms with Crippen LogP contribution in [-0.2, 0) is 6.42 Å². The molecule has 0 saturated heterocycles. The van der Waals surface area contributed by atoms with Gasteiger partial charge in [-0.1, -0.05) is 24.3 Å². The highest BCUT2D eigenvalue weighted by Gasteiger charge is 2.21. The largest absolute Gasteiger partial charge is 0.495 e. The molecule has 36 heavy (non-hydrogen) atoms. The van der Waals surface area contributed by atoms with Gasteiger partial charge in [-0.15, -0.1) is 10.2 Å². The van der Waals surface area contributed by atoms with Crippen molar-refractivity contribution in [3.63, 3.8) is 0 Å². The van der Waals surface area contributed by atoms with E-state index in [2.05, 4.69) is 20.6 Å². The average molecular weight is 505 g/mol. The van der Waals surface area contributed by atoms with Crippen molar-refractivity contribution in [2.45, 2.75) is 20.3 Å². The minimum atomic E-state index is -0.530. The van der Waals surface area contributed by atoms with Crippen molar-refractivity contribution in [3.05, 3.63) is 75.8 Å². The molecule has 11 nitrogen and oxygen atoms in total. The Morgan fingerprint density at radius 2 is 2.03 bits per heavy atom. The molecule has 0 spiro atoms. The lowest BCUT2D eigenvalue weighted by Gasteiger charge is -2.10. The Labute approximate surface area is 208 Å². The Balaban J connectivity index is 1.43. The van der Waals surface area contributed by atoms with Crippen molar-refractivity contribution in [3.8, 4) is 27.6 Å². The van der Waals surface area contributed by atoms with Crippen molar-refractivity contribution in [1.29, 1.82) is 0 Å². The maximum Gasteiger partial charge on any atom is 0.291 e. The molecule has 2 aromatic carbocycles. The van der Waals surface area contributed by atoms with Gasteiger partial charge in [-0.05, 0) is 48.9 Å². The van der Waals surface area contributed by atoms with Gasteiger partial charge in [0.1, 0.15) is 16.5 Å². The van der Waals surface area contributed by atoms with E-state index >= 15 is 0 Å². The summed E-state index contributed by atoms with van der Waals surface area (Å²) in [6, 6.07) is 13.1. The van der Waals surface area contributed by atoms with Crippen LogP contribution in [0.15, 0.2) is 52.9 Å². The molecule has 1 N–H and O–H groups in total. The van der Waals surface area contributed by atoms with Gasteiger partial charge < -0.3 is 14.5 Å². The Morgan fingerprint density at radius 1 is 1.19 bits per heavy atom. The summed E-state index contributed by atoms with van der Waals surface area (Å²) in [7, 11) is 1.50. The molecule has 0 radical (unpaired) electrons. The molecule has 1 amide bonds. The number of hydrogen-bond donors (Lipinski definition) is 1. The van der Waals surface area contributed by atoms with Crippen LogP contribution in [0.5, 0.6) is 5.75 Å². The normalized spacial score (nSPS) is 11.1. The lowest BCUT2D eigenvalue weighted by molar-refractivity contribution is -0.384. The van der Waals surface area contributed by atoms with Crippen molar-refractivity contribution >= 4 is 33.6 Å². The van der Waals surface area contributed by atoms with E-state index in [-0.39, 0.29) is 17.2 Å². The summed E-state index contributed by atoms with van der Waals surface area (Å²) in [4.78, 5) is 24.7. The second-order valence-electron chi connectivity index (χ2n) is 7.88. The summed E-state index contributed by atoms with van der Waals surface area (Å²) < 4.78 is 12.8. The van der Waals surface area contributed by atoms with E-state index in [4.69, 9.17) is 9.15 Å². The number of nitro groups is 1. The molecule has 0 aliphatic carbocycles. The molecular weight excluding hydrogens is 484 g/mol. The average Bonchev–Trinajstić information content (AvgIpc) is 3.60. The smallest absolute Gasteiger partial charge is 0.291 e. The fraction of sp³-hybridized carbons (Fsp3) is 0.167. The molecule has 3 heterocycles. The maximum atomic E-state index is 13.0. The number of carbonyl (C=O) groups excluding carboxylic acids is 1. The summed E-state index contributed by atoms with van der Waals surface area (Å²) in [5.41, 5.74) is 2.12. The van der Waals surface area contributed by atoms with E-state index in [1.165, 1.54) is 36.6 Å². The number of amides is 1. The second-order valence-corrected chi connectivity index (χ2v) is 8.84. The Kier molecular flexibility index (Phi) is 5.94. The summed E-state index contributed by atoms with van der Waals surface area (Å²) in [5.74, 6) is 0.901. The van der Waals surface area contributed by atoms with Crippen LogP contribution in [0.1, 0.15) is 28.9 Å². The van der Waals surface area contributed by atoms with Gasteiger partial charge in [0, 0.05) is 18.1 Å². The number of methoxy groups -OCH3 is 1. The highest BCUT2D eigenvalue weighted by atomic mass is 32.1. The number of aryl methyl sites for hydroxylation is 2. The number of nitro benzene ring substituents is 1. The number of carbonyl (C=O) groups is 1. The predicted octanol–water partition coefficient (Wildman–Crippen LogP) is 5.15. The van der Waals surface area contributed by atoms with Gasteiger partial charge in [-0.2, -0.15) is 9.61 Å². The quantitative estimate of drug-likeness (QED) is 0.237. The van der Waals surface area contributed by atoms with E-state index in [1.807, 2.05) is 13.0 Å². The Hall–Kier alpha value is -4.58. The fourth-order valence-corrected chi connectivity index (χ4v) is 4.58. The standard InChI is InChI=1S/C24H20N6O5S/c1-4-21-26-27-24-29(21)28-23(36-24)14-6-8-19(34-3)16(12-14)25-22(31)20-10-9-18(35-20)15-7-5-13(2)11-17(15)30(32)33/h5-12H,4H2,1-3H3,(H,25,31). The molecule has 0 aliphatic heterocycles. The SMILES string of the molecule is CCc1nnc2sc(-c3ccc(OC)c(NC(=O)c4ccc(-c5ccc(C)cc5[N+](=O)[O-])o4)c3)nn12. The van der Waals surface area contributed by atoms with E-state index in [0.717, 1.165) is 17.0 Å². The summed E-state index contributed by atoms with van der Waals surface area (Å²) in [6.45, 7) is 3.75. The number of hydrogen-bond acceptors (Lipinski definition) is 9. The number of nitrogens with one attached hydrogen (secondary N) is 1. The van der Waals surface area contributed by atoms with E-state index in [0.29, 0.717) is 33.4 Å². The highest BCUT2D eigenvalue weighted by Crippen LogP contribution is 2.35. The van der Waals surface area contributed by atoms with E-state index in [9.17, 15) is 14.9 Å². The molecule has 5 aromatic rings. The van der Waals surface area contributed by atoms with Crippen molar-refractivity contribution in [1.82, 2.24) is 19.8 Å². The number of ether oxygens (including phenoxy) is 1. The monoisotopic (exact) mass is 504 g/mol. The molecule has 0 atom stereocenters. The van der Waals surface area contributed by atoms with Gasteiger partial charge in [0.05, 0.1) is 23.3 Å². The number of rotatable bonds is 7. The summed E-state index contributed by atoms with van der Waals surface area (Å²) in [5, 5.41) is 27.8. The lowest BCUT2D eigenvalue weighted by Crippen LogP contribution is -2.11. The Bertz CT molecular complexity index is 1620. The minimum Gasteiger partial charge on any atom is -0.495 e. The number of nitrogens with zero attached hydrogens (tertiary/aromatic N) is 5. The summed E-state index contributed by atoms with van der Waals surface area (Å²) >= 11 is 1.38. The van der Waals surface area contributed by atoms with Crippen molar-refractivity contribution in [2.24, 2.45) is 0 Å².